The molecule has 0 N–H and O–H groups in total. The van der Waals surface area contributed by atoms with Gasteiger partial charge in [-0.15, -0.1) is 24.3 Å². The second-order valence-corrected chi connectivity index (χ2v) is 5.45. The molecular formula is C20H11ClN2O2Pt. The summed E-state index contributed by atoms with van der Waals surface area (Å²) in [7, 11) is 4.61. The van der Waals surface area contributed by atoms with Gasteiger partial charge < -0.3 is 8.83 Å². The summed E-state index contributed by atoms with van der Waals surface area (Å²) in [6, 6.07) is 24.4. The SMILES string of the molecule is [Cl][Pt+].[c-]1c(-c2nc3ccccc3o2)cccc1-c1nc2ccccc2o1. The van der Waals surface area contributed by atoms with Crippen molar-refractivity contribution in [3.05, 3.63) is 72.8 Å². The van der Waals surface area contributed by atoms with Crippen LogP contribution in [0.4, 0.5) is 0 Å². The molecule has 0 saturated heterocycles. The van der Waals surface area contributed by atoms with E-state index in [0.29, 0.717) is 11.8 Å². The topological polar surface area (TPSA) is 52.1 Å². The monoisotopic (exact) mass is 541 g/mol. The van der Waals surface area contributed by atoms with Crippen molar-refractivity contribution in [3.8, 4) is 22.9 Å². The molecule has 0 aliphatic carbocycles. The number of nitrogens with zero attached hydrogens (tertiary/aromatic N) is 2. The van der Waals surface area contributed by atoms with E-state index in [2.05, 4.69) is 25.5 Å². The maximum absolute atomic E-state index is 5.81. The molecule has 2 aromatic heterocycles. The van der Waals surface area contributed by atoms with Gasteiger partial charge in [-0.3, -0.25) is 0 Å². The zero-order chi connectivity index (χ0) is 17.9. The van der Waals surface area contributed by atoms with Gasteiger partial charge in [-0.1, -0.05) is 35.4 Å². The van der Waals surface area contributed by atoms with Gasteiger partial charge >= 0.3 is 28.2 Å². The van der Waals surface area contributed by atoms with E-state index >= 15 is 0 Å². The van der Waals surface area contributed by atoms with Crippen molar-refractivity contribution in [2.24, 2.45) is 0 Å². The minimum absolute atomic E-state index is 0.536. The molecule has 0 spiro atoms. The summed E-state index contributed by atoms with van der Waals surface area (Å²) in [5.74, 6) is 1.07. The van der Waals surface area contributed by atoms with Crippen LogP contribution in [0.5, 0.6) is 0 Å². The first-order valence-electron chi connectivity index (χ1n) is 7.73. The molecular weight excluding hydrogens is 531 g/mol. The number of rotatable bonds is 2. The predicted octanol–water partition coefficient (Wildman–Crippen LogP) is 5.79. The minimum Gasteiger partial charge on any atom is -0.472 e. The molecule has 0 fully saturated rings. The molecule has 0 atom stereocenters. The second kappa shape index (κ2) is 7.44. The molecule has 5 aromatic rings. The molecule has 130 valence electrons. The number of hydrogen-bond donors (Lipinski definition) is 0. The zero-order valence-electron chi connectivity index (χ0n) is 13.3. The molecule has 4 nitrogen and oxygen atoms in total. The van der Waals surface area contributed by atoms with Crippen LogP contribution in [0.3, 0.4) is 0 Å². The smallest absolute Gasteiger partial charge is 0.159 e. The molecule has 0 unspecified atom stereocenters. The maximum Gasteiger partial charge on any atom is 0.159 e. The number of oxazole rings is 2. The van der Waals surface area contributed by atoms with E-state index in [0.717, 1.165) is 33.3 Å². The molecule has 5 rings (SSSR count). The number of halogens is 1. The van der Waals surface area contributed by atoms with E-state index in [4.69, 9.17) is 8.83 Å². The molecule has 0 aliphatic rings. The van der Waals surface area contributed by atoms with Gasteiger partial charge in [-0.05, 0) is 24.3 Å². The molecule has 26 heavy (non-hydrogen) atoms. The van der Waals surface area contributed by atoms with Gasteiger partial charge in [0, 0.05) is 0 Å². The fraction of sp³-hybridized carbons (Fsp3) is 0. The molecule has 2 heterocycles. The van der Waals surface area contributed by atoms with E-state index in [-0.39, 0.29) is 0 Å². The van der Waals surface area contributed by atoms with Gasteiger partial charge in [-0.25, -0.2) is 9.97 Å². The number of aromatic nitrogens is 2. The summed E-state index contributed by atoms with van der Waals surface area (Å²) >= 11 is 1.61. The van der Waals surface area contributed by atoms with E-state index in [1.165, 1.54) is 0 Å². The number of para-hydroxylation sites is 4. The van der Waals surface area contributed by atoms with E-state index in [1.54, 1.807) is 18.8 Å². The van der Waals surface area contributed by atoms with E-state index in [1.807, 2.05) is 66.7 Å². The Morgan fingerprint density at radius 3 is 1.58 bits per heavy atom. The summed E-state index contributed by atoms with van der Waals surface area (Å²) in [5.41, 5.74) is 4.71. The molecule has 0 radical (unpaired) electrons. The van der Waals surface area contributed by atoms with E-state index < -0.39 is 0 Å². The van der Waals surface area contributed by atoms with E-state index in [9.17, 15) is 0 Å². The maximum atomic E-state index is 5.81. The molecule has 3 aromatic carbocycles. The molecule has 6 heteroatoms. The van der Waals surface area contributed by atoms with Gasteiger partial charge in [0.05, 0.1) is 11.0 Å². The van der Waals surface area contributed by atoms with Crippen molar-refractivity contribution >= 4 is 31.6 Å². The first-order valence-corrected chi connectivity index (χ1v) is 10.5. The summed E-state index contributed by atoms with van der Waals surface area (Å²) in [6.45, 7) is 0. The Hall–Kier alpha value is -2.42. The Morgan fingerprint density at radius 1 is 0.654 bits per heavy atom. The van der Waals surface area contributed by atoms with Crippen LogP contribution in [-0.2, 0) is 18.8 Å². The number of hydrogen-bond acceptors (Lipinski definition) is 4. The van der Waals surface area contributed by atoms with Crippen LogP contribution < -0.4 is 0 Å². The normalized spacial score (nSPS) is 10.7. The van der Waals surface area contributed by atoms with Crippen LogP contribution in [0, 0.1) is 6.07 Å². The average molecular weight is 542 g/mol. The Bertz CT molecular complexity index is 1030. The summed E-state index contributed by atoms with van der Waals surface area (Å²) < 4.78 is 11.6. The Labute approximate surface area is 164 Å². The predicted molar refractivity (Wildman–Crippen MR) is 97.1 cm³/mol. The van der Waals surface area contributed by atoms with Gasteiger partial charge in [0.25, 0.3) is 0 Å². The Balaban J connectivity index is 0.000000814. The van der Waals surface area contributed by atoms with Crippen LogP contribution in [0.25, 0.3) is 45.1 Å². The van der Waals surface area contributed by atoms with Gasteiger partial charge in [0.15, 0.2) is 11.8 Å². The molecule has 0 aliphatic heterocycles. The first-order chi connectivity index (χ1) is 12.9. The van der Waals surface area contributed by atoms with Crippen molar-refractivity contribution in [1.29, 1.82) is 0 Å². The fourth-order valence-corrected chi connectivity index (χ4v) is 2.69. The zero-order valence-corrected chi connectivity index (χ0v) is 16.3. The van der Waals surface area contributed by atoms with Crippen molar-refractivity contribution < 1.29 is 27.6 Å². The Morgan fingerprint density at radius 2 is 1.12 bits per heavy atom. The molecule has 0 bridgehead atoms. The first kappa shape index (κ1) is 17.0. The van der Waals surface area contributed by atoms with Crippen LogP contribution >= 0.6 is 9.42 Å². The van der Waals surface area contributed by atoms with Crippen LogP contribution in [0.15, 0.2) is 75.6 Å². The third-order valence-corrected chi connectivity index (χ3v) is 3.84. The van der Waals surface area contributed by atoms with Gasteiger partial charge in [0.1, 0.15) is 11.2 Å². The third-order valence-electron chi connectivity index (χ3n) is 3.84. The van der Waals surface area contributed by atoms with Gasteiger partial charge in [0.2, 0.25) is 0 Å². The van der Waals surface area contributed by atoms with Crippen molar-refractivity contribution in [1.82, 2.24) is 9.97 Å². The average Bonchev–Trinajstić information content (AvgIpc) is 3.34. The minimum atomic E-state index is 0.536. The quantitative estimate of drug-likeness (QED) is 0.266. The molecule has 0 amide bonds. The largest absolute Gasteiger partial charge is 0.472 e. The molecule has 0 saturated carbocycles. The van der Waals surface area contributed by atoms with Gasteiger partial charge in [-0.2, -0.15) is 0 Å². The van der Waals surface area contributed by atoms with Crippen molar-refractivity contribution in [3.63, 3.8) is 0 Å². The Kier molecular flexibility index (Phi) is 4.87. The van der Waals surface area contributed by atoms with Crippen molar-refractivity contribution in [2.45, 2.75) is 0 Å². The number of benzene rings is 3. The number of fused-ring (bicyclic) bond motifs is 2. The standard InChI is InChI=1S/C20H11N2O2.ClH.Pt/c1-3-10-17-15(8-1)21-19(23-17)13-6-5-7-14(12-13)20-22-16-9-2-4-11-18(16)24-20;;/h1-11H;1H;/q-1;;+2/p-1. The summed E-state index contributed by atoms with van der Waals surface area (Å²) in [6.07, 6.45) is 0. The van der Waals surface area contributed by atoms with Crippen LogP contribution in [0.2, 0.25) is 0 Å². The van der Waals surface area contributed by atoms with Crippen LogP contribution in [0.1, 0.15) is 0 Å². The van der Waals surface area contributed by atoms with Crippen molar-refractivity contribution in [2.75, 3.05) is 0 Å². The summed E-state index contributed by atoms with van der Waals surface area (Å²) in [4.78, 5) is 9.02. The summed E-state index contributed by atoms with van der Waals surface area (Å²) in [5, 5.41) is 0. The second-order valence-electron chi connectivity index (χ2n) is 5.45. The van der Waals surface area contributed by atoms with Crippen LogP contribution in [-0.4, -0.2) is 9.97 Å². The third kappa shape index (κ3) is 3.18. The fourth-order valence-electron chi connectivity index (χ4n) is 2.69.